The Balaban J connectivity index is 1.67. The van der Waals surface area contributed by atoms with Crippen molar-refractivity contribution in [1.82, 2.24) is 9.29 Å². The van der Waals surface area contributed by atoms with Crippen molar-refractivity contribution in [2.75, 3.05) is 30.4 Å². The number of pyridine rings is 1. The molecule has 0 amide bonds. The summed E-state index contributed by atoms with van der Waals surface area (Å²) in [7, 11) is -3.14. The molecule has 0 radical (unpaired) electrons. The van der Waals surface area contributed by atoms with Crippen molar-refractivity contribution in [2.45, 2.75) is 18.9 Å². The third kappa shape index (κ3) is 4.15. The van der Waals surface area contributed by atoms with Crippen molar-refractivity contribution < 1.29 is 8.42 Å². The standard InChI is InChI=1S/C22H25N5O2S/c1-30(28,29)27-8-5-19(6-9-27)26-22-12-17(11-16-4-7-25-14-20(16)22)15-2-3-21(24)18(10-15)13-23/h2-4,7,10-14,19,23,26H,5-6,8-9,24H2,1H3. The zero-order chi connectivity index (χ0) is 21.3. The van der Waals surface area contributed by atoms with Crippen LogP contribution in [0.3, 0.4) is 0 Å². The first-order chi connectivity index (χ1) is 14.3. The van der Waals surface area contributed by atoms with Gasteiger partial charge in [-0.2, -0.15) is 0 Å². The second-order valence-electron chi connectivity index (χ2n) is 7.69. The number of nitrogens with zero attached hydrogens (tertiary/aromatic N) is 2. The number of fused-ring (bicyclic) bond motifs is 1. The lowest BCUT2D eigenvalue weighted by molar-refractivity contribution is 0.332. The van der Waals surface area contributed by atoms with Crippen molar-refractivity contribution in [3.8, 4) is 11.1 Å². The molecule has 4 N–H and O–H groups in total. The first kappa shape index (κ1) is 20.3. The summed E-state index contributed by atoms with van der Waals surface area (Å²) in [5, 5.41) is 13.3. The van der Waals surface area contributed by atoms with Gasteiger partial charge in [0.05, 0.1) is 6.26 Å². The summed E-state index contributed by atoms with van der Waals surface area (Å²) in [6.07, 6.45) is 7.64. The predicted molar refractivity (Wildman–Crippen MR) is 123 cm³/mol. The van der Waals surface area contributed by atoms with Crippen molar-refractivity contribution in [3.05, 3.63) is 54.4 Å². The number of aromatic nitrogens is 1. The summed E-state index contributed by atoms with van der Waals surface area (Å²) in [6, 6.07) is 12.1. The van der Waals surface area contributed by atoms with Gasteiger partial charge in [-0.1, -0.05) is 6.07 Å². The van der Waals surface area contributed by atoms with Gasteiger partial charge in [-0.05, 0) is 59.7 Å². The number of anilines is 2. The van der Waals surface area contributed by atoms with Crippen LogP contribution >= 0.6 is 0 Å². The van der Waals surface area contributed by atoms with Crippen molar-refractivity contribution in [2.24, 2.45) is 0 Å². The topological polar surface area (TPSA) is 112 Å². The SMILES string of the molecule is CS(=O)(=O)N1CCC(Nc2cc(-c3ccc(N)c(C=N)c3)cc3ccncc23)CC1. The molecule has 4 rings (SSSR count). The molecule has 156 valence electrons. The highest BCUT2D eigenvalue weighted by Gasteiger charge is 2.25. The Morgan fingerprint density at radius 2 is 1.93 bits per heavy atom. The molecule has 0 saturated carbocycles. The molecule has 3 aromatic rings. The fourth-order valence-corrected chi connectivity index (χ4v) is 4.79. The maximum Gasteiger partial charge on any atom is 0.211 e. The number of nitrogen functional groups attached to an aromatic ring is 1. The first-order valence-electron chi connectivity index (χ1n) is 9.85. The van der Waals surface area contributed by atoms with E-state index in [0.29, 0.717) is 24.3 Å². The number of hydrogen-bond donors (Lipinski definition) is 3. The lowest BCUT2D eigenvalue weighted by atomic mass is 9.97. The van der Waals surface area contributed by atoms with E-state index in [1.807, 2.05) is 30.5 Å². The monoisotopic (exact) mass is 423 g/mol. The number of piperidine rings is 1. The van der Waals surface area contributed by atoms with Gasteiger partial charge in [-0.15, -0.1) is 0 Å². The summed E-state index contributed by atoms with van der Waals surface area (Å²) in [6.45, 7) is 1.04. The van der Waals surface area contributed by atoms with Gasteiger partial charge in [0.2, 0.25) is 10.0 Å². The number of nitrogens with one attached hydrogen (secondary N) is 2. The molecule has 0 unspecified atom stereocenters. The van der Waals surface area contributed by atoms with Crippen LogP contribution in [0, 0.1) is 5.41 Å². The van der Waals surface area contributed by atoms with Crippen LogP contribution in [0.2, 0.25) is 0 Å². The van der Waals surface area contributed by atoms with Crippen LogP contribution in [0.1, 0.15) is 18.4 Å². The molecule has 1 aliphatic heterocycles. The van der Waals surface area contributed by atoms with Crippen LogP contribution in [-0.2, 0) is 10.0 Å². The molecule has 0 aliphatic carbocycles. The van der Waals surface area contributed by atoms with Crippen LogP contribution < -0.4 is 11.1 Å². The van der Waals surface area contributed by atoms with Crippen molar-refractivity contribution in [3.63, 3.8) is 0 Å². The third-order valence-corrected chi connectivity index (χ3v) is 6.92. The summed E-state index contributed by atoms with van der Waals surface area (Å²) in [4.78, 5) is 4.28. The van der Waals surface area contributed by atoms with Gasteiger partial charge in [0.25, 0.3) is 0 Å². The molecule has 1 saturated heterocycles. The van der Waals surface area contributed by atoms with Gasteiger partial charge in [0.15, 0.2) is 0 Å². The Labute approximate surface area is 176 Å². The van der Waals surface area contributed by atoms with Gasteiger partial charge in [-0.3, -0.25) is 4.98 Å². The lowest BCUT2D eigenvalue weighted by Crippen LogP contribution is -2.41. The van der Waals surface area contributed by atoms with E-state index < -0.39 is 10.0 Å². The highest BCUT2D eigenvalue weighted by Crippen LogP contribution is 2.33. The number of nitrogens with two attached hydrogens (primary N) is 1. The fourth-order valence-electron chi connectivity index (χ4n) is 3.92. The summed E-state index contributed by atoms with van der Waals surface area (Å²) in [5.41, 5.74) is 10.2. The van der Waals surface area contributed by atoms with E-state index in [4.69, 9.17) is 11.1 Å². The Hall–Kier alpha value is -2.97. The molecule has 30 heavy (non-hydrogen) atoms. The molecule has 0 bridgehead atoms. The average Bonchev–Trinajstić information content (AvgIpc) is 2.74. The normalized spacial score (nSPS) is 15.9. The number of sulfonamides is 1. The van der Waals surface area contributed by atoms with Crippen molar-refractivity contribution >= 4 is 38.4 Å². The van der Waals surface area contributed by atoms with E-state index in [1.54, 1.807) is 6.20 Å². The Morgan fingerprint density at radius 3 is 2.63 bits per heavy atom. The van der Waals surface area contributed by atoms with E-state index in [-0.39, 0.29) is 6.04 Å². The smallest absolute Gasteiger partial charge is 0.211 e. The predicted octanol–water partition coefficient (Wildman–Crippen LogP) is 3.32. The number of hydrogen-bond acceptors (Lipinski definition) is 6. The van der Waals surface area contributed by atoms with Gasteiger partial charge >= 0.3 is 0 Å². The third-order valence-electron chi connectivity index (χ3n) is 5.61. The minimum absolute atomic E-state index is 0.185. The molecule has 2 aromatic carbocycles. The average molecular weight is 424 g/mol. The molecule has 1 aliphatic rings. The minimum Gasteiger partial charge on any atom is -0.398 e. The summed E-state index contributed by atoms with van der Waals surface area (Å²) in [5.74, 6) is 0. The summed E-state index contributed by atoms with van der Waals surface area (Å²) >= 11 is 0. The van der Waals surface area contributed by atoms with Crippen LogP contribution in [0.5, 0.6) is 0 Å². The van der Waals surface area contributed by atoms with E-state index >= 15 is 0 Å². The van der Waals surface area contributed by atoms with E-state index in [0.717, 1.165) is 40.4 Å². The first-order valence-corrected chi connectivity index (χ1v) is 11.7. The molecule has 2 heterocycles. The van der Waals surface area contributed by atoms with E-state index in [1.165, 1.54) is 16.8 Å². The van der Waals surface area contributed by atoms with E-state index in [9.17, 15) is 8.42 Å². The molecule has 7 nitrogen and oxygen atoms in total. The zero-order valence-corrected chi connectivity index (χ0v) is 17.6. The zero-order valence-electron chi connectivity index (χ0n) is 16.8. The maximum atomic E-state index is 11.8. The lowest BCUT2D eigenvalue weighted by Gasteiger charge is -2.31. The van der Waals surface area contributed by atoms with Gasteiger partial charge in [-0.25, -0.2) is 12.7 Å². The largest absolute Gasteiger partial charge is 0.398 e. The van der Waals surface area contributed by atoms with Crippen LogP contribution in [-0.4, -0.2) is 49.3 Å². The highest BCUT2D eigenvalue weighted by atomic mass is 32.2. The van der Waals surface area contributed by atoms with Gasteiger partial charge in [0, 0.05) is 60.1 Å². The second kappa shape index (κ2) is 8.04. The van der Waals surface area contributed by atoms with Crippen LogP contribution in [0.25, 0.3) is 21.9 Å². The number of rotatable bonds is 5. The number of benzene rings is 2. The molecule has 1 aromatic heterocycles. The molecular weight excluding hydrogens is 398 g/mol. The van der Waals surface area contributed by atoms with Gasteiger partial charge in [0.1, 0.15) is 0 Å². The molecule has 1 fully saturated rings. The summed E-state index contributed by atoms with van der Waals surface area (Å²) < 4.78 is 25.1. The van der Waals surface area contributed by atoms with Gasteiger partial charge < -0.3 is 16.5 Å². The van der Waals surface area contributed by atoms with E-state index in [2.05, 4.69) is 22.4 Å². The van der Waals surface area contributed by atoms with Crippen LogP contribution in [0.4, 0.5) is 11.4 Å². The maximum absolute atomic E-state index is 11.8. The Morgan fingerprint density at radius 1 is 1.17 bits per heavy atom. The molecule has 0 atom stereocenters. The second-order valence-corrected chi connectivity index (χ2v) is 9.67. The molecule has 8 heteroatoms. The quantitative estimate of drug-likeness (QED) is 0.430. The Kier molecular flexibility index (Phi) is 5.44. The van der Waals surface area contributed by atoms with Crippen molar-refractivity contribution in [1.29, 1.82) is 5.41 Å². The molecular formula is C22H25N5O2S. The minimum atomic E-state index is -3.14. The molecule has 0 spiro atoms. The van der Waals surface area contributed by atoms with Crippen LogP contribution in [0.15, 0.2) is 48.8 Å². The highest BCUT2D eigenvalue weighted by molar-refractivity contribution is 7.88. The Bertz CT molecular complexity index is 1200. The fraction of sp³-hybridized carbons (Fsp3) is 0.273.